The Bertz CT molecular complexity index is 298. The highest BCUT2D eigenvalue weighted by Gasteiger charge is 2.51. The summed E-state index contributed by atoms with van der Waals surface area (Å²) in [5.74, 6) is 0.744. The Morgan fingerprint density at radius 3 is 2.00 bits per heavy atom. The number of hydrogen-bond donors (Lipinski definition) is 0. The molecule has 3 heteroatoms. The van der Waals surface area contributed by atoms with Crippen molar-refractivity contribution in [3.05, 3.63) is 11.5 Å². The molecule has 17 heavy (non-hydrogen) atoms. The molecule has 0 atom stereocenters. The van der Waals surface area contributed by atoms with E-state index < -0.39 is 0 Å². The Morgan fingerprint density at radius 2 is 1.53 bits per heavy atom. The smallest absolute Gasteiger partial charge is 0.400 e. The van der Waals surface area contributed by atoms with E-state index in [0.717, 1.165) is 5.92 Å². The molecule has 1 aliphatic carbocycles. The van der Waals surface area contributed by atoms with E-state index in [9.17, 15) is 0 Å². The van der Waals surface area contributed by atoms with Crippen molar-refractivity contribution < 1.29 is 9.31 Å². The summed E-state index contributed by atoms with van der Waals surface area (Å²) in [7, 11) is -0.152. The molecule has 2 fully saturated rings. The van der Waals surface area contributed by atoms with Gasteiger partial charge >= 0.3 is 7.12 Å². The van der Waals surface area contributed by atoms with Crippen LogP contribution in [0.15, 0.2) is 11.5 Å². The minimum absolute atomic E-state index is 0.152. The first kappa shape index (κ1) is 13.2. The van der Waals surface area contributed by atoms with Crippen molar-refractivity contribution in [1.82, 2.24) is 0 Å². The second kappa shape index (κ2) is 4.44. The van der Waals surface area contributed by atoms with Gasteiger partial charge in [-0.05, 0) is 58.9 Å². The maximum absolute atomic E-state index is 6.05. The zero-order chi connectivity index (χ0) is 12.7. The van der Waals surface area contributed by atoms with Crippen molar-refractivity contribution in [3.8, 4) is 0 Å². The van der Waals surface area contributed by atoms with Gasteiger partial charge in [-0.25, -0.2) is 0 Å². The average Bonchev–Trinajstić information content (AvgIpc) is 2.74. The number of allylic oxidation sites excluding steroid dienone is 2. The topological polar surface area (TPSA) is 18.5 Å². The number of rotatable bonds is 2. The predicted octanol–water partition coefficient (Wildman–Crippen LogP) is 3.75. The van der Waals surface area contributed by atoms with E-state index in [-0.39, 0.29) is 18.3 Å². The largest absolute Gasteiger partial charge is 0.489 e. The number of hydrogen-bond acceptors (Lipinski definition) is 2. The van der Waals surface area contributed by atoms with Crippen LogP contribution >= 0.6 is 0 Å². The van der Waals surface area contributed by atoms with Crippen molar-refractivity contribution >= 4 is 7.12 Å². The lowest BCUT2D eigenvalue weighted by Gasteiger charge is -2.32. The molecule has 0 spiro atoms. The Morgan fingerprint density at radius 1 is 1.06 bits per heavy atom. The highest BCUT2D eigenvalue weighted by molar-refractivity contribution is 6.54. The fourth-order valence-corrected chi connectivity index (χ4v) is 2.60. The molecule has 0 amide bonds. The van der Waals surface area contributed by atoms with Crippen LogP contribution in [0.5, 0.6) is 0 Å². The molecule has 1 saturated heterocycles. The summed E-state index contributed by atoms with van der Waals surface area (Å²) in [5, 5.41) is 0. The van der Waals surface area contributed by atoms with E-state index in [0.29, 0.717) is 0 Å². The standard InChI is InChI=1S/C14H25BO2/c1-11(10-12-8-6-7-9-12)15-16-13(2,3)14(4,5)17-15/h10,12H,6-9H2,1-5H3/b11-10+. The van der Waals surface area contributed by atoms with Gasteiger partial charge in [0.25, 0.3) is 0 Å². The van der Waals surface area contributed by atoms with Gasteiger partial charge < -0.3 is 9.31 Å². The first-order chi connectivity index (χ1) is 7.82. The van der Waals surface area contributed by atoms with Crippen LogP contribution in [0.3, 0.4) is 0 Å². The zero-order valence-electron chi connectivity index (χ0n) is 11.9. The van der Waals surface area contributed by atoms with E-state index in [1.165, 1.54) is 31.2 Å². The Kier molecular flexibility index (Phi) is 3.43. The summed E-state index contributed by atoms with van der Waals surface area (Å²) < 4.78 is 12.1. The molecule has 0 bridgehead atoms. The molecule has 2 rings (SSSR count). The van der Waals surface area contributed by atoms with Crippen molar-refractivity contribution in [2.24, 2.45) is 5.92 Å². The first-order valence-corrected chi connectivity index (χ1v) is 6.86. The van der Waals surface area contributed by atoms with E-state index in [1.807, 2.05) is 0 Å². The lowest BCUT2D eigenvalue weighted by atomic mass is 9.77. The molecule has 0 N–H and O–H groups in total. The van der Waals surface area contributed by atoms with Gasteiger partial charge in [-0.2, -0.15) is 0 Å². The molecule has 2 aliphatic rings. The van der Waals surface area contributed by atoms with Gasteiger partial charge in [0.1, 0.15) is 0 Å². The summed E-state index contributed by atoms with van der Waals surface area (Å²) in [6.07, 6.45) is 7.78. The van der Waals surface area contributed by atoms with Crippen molar-refractivity contribution in [2.75, 3.05) is 0 Å². The third kappa shape index (κ3) is 2.60. The lowest BCUT2D eigenvalue weighted by molar-refractivity contribution is 0.00578. The van der Waals surface area contributed by atoms with E-state index in [1.54, 1.807) is 0 Å². The minimum atomic E-state index is -0.220. The lowest BCUT2D eigenvalue weighted by Crippen LogP contribution is -2.41. The fourth-order valence-electron chi connectivity index (χ4n) is 2.60. The molecule has 1 heterocycles. The van der Waals surface area contributed by atoms with Gasteiger partial charge in [-0.15, -0.1) is 0 Å². The zero-order valence-corrected chi connectivity index (χ0v) is 11.9. The van der Waals surface area contributed by atoms with Gasteiger partial charge in [-0.3, -0.25) is 0 Å². The molecule has 0 unspecified atom stereocenters. The molecule has 2 nitrogen and oxygen atoms in total. The minimum Gasteiger partial charge on any atom is -0.400 e. The van der Waals surface area contributed by atoms with Gasteiger partial charge in [-0.1, -0.05) is 18.9 Å². The van der Waals surface area contributed by atoms with Crippen LogP contribution in [-0.2, 0) is 9.31 Å². The molecule has 0 radical (unpaired) electrons. The third-order valence-corrected chi connectivity index (χ3v) is 4.52. The SMILES string of the molecule is C/C(=C\C1CCCC1)B1OC(C)(C)C(C)(C)O1. The molecular weight excluding hydrogens is 211 g/mol. The van der Waals surface area contributed by atoms with Crippen LogP contribution in [-0.4, -0.2) is 18.3 Å². The van der Waals surface area contributed by atoms with Crippen LogP contribution in [0.1, 0.15) is 60.3 Å². The molecular formula is C14H25BO2. The normalized spacial score (nSPS) is 29.0. The van der Waals surface area contributed by atoms with Gasteiger partial charge in [0, 0.05) is 0 Å². The Labute approximate surface area is 106 Å². The summed E-state index contributed by atoms with van der Waals surface area (Å²) in [4.78, 5) is 0. The van der Waals surface area contributed by atoms with Gasteiger partial charge in [0.05, 0.1) is 11.2 Å². The average molecular weight is 236 g/mol. The summed E-state index contributed by atoms with van der Waals surface area (Å²) in [6, 6.07) is 0. The Hall–Kier alpha value is -0.275. The second-order valence-electron chi connectivity index (χ2n) is 6.54. The maximum atomic E-state index is 6.05. The first-order valence-electron chi connectivity index (χ1n) is 6.86. The molecule has 0 aromatic carbocycles. The summed E-state index contributed by atoms with van der Waals surface area (Å²) >= 11 is 0. The van der Waals surface area contributed by atoms with Crippen molar-refractivity contribution in [2.45, 2.75) is 71.5 Å². The van der Waals surface area contributed by atoms with Crippen LogP contribution in [0.25, 0.3) is 0 Å². The highest BCUT2D eigenvalue weighted by atomic mass is 16.7. The predicted molar refractivity (Wildman–Crippen MR) is 71.8 cm³/mol. The summed E-state index contributed by atoms with van der Waals surface area (Å²) in [6.45, 7) is 10.6. The molecule has 1 saturated carbocycles. The molecule has 0 aromatic heterocycles. The third-order valence-electron chi connectivity index (χ3n) is 4.52. The Balaban J connectivity index is 2.04. The highest BCUT2D eigenvalue weighted by Crippen LogP contribution is 2.39. The van der Waals surface area contributed by atoms with Gasteiger partial charge in [0.15, 0.2) is 0 Å². The molecule has 0 aromatic rings. The molecule has 96 valence electrons. The van der Waals surface area contributed by atoms with Gasteiger partial charge in [0.2, 0.25) is 0 Å². The van der Waals surface area contributed by atoms with Crippen LogP contribution in [0, 0.1) is 5.92 Å². The van der Waals surface area contributed by atoms with Crippen LogP contribution in [0.4, 0.5) is 0 Å². The van der Waals surface area contributed by atoms with Crippen molar-refractivity contribution in [1.29, 1.82) is 0 Å². The summed E-state index contributed by atoms with van der Waals surface area (Å²) in [5.41, 5.74) is 0.806. The van der Waals surface area contributed by atoms with Crippen molar-refractivity contribution in [3.63, 3.8) is 0 Å². The second-order valence-corrected chi connectivity index (χ2v) is 6.54. The van der Waals surface area contributed by atoms with Crippen LogP contribution < -0.4 is 0 Å². The molecule has 1 aliphatic heterocycles. The van der Waals surface area contributed by atoms with E-state index >= 15 is 0 Å². The van der Waals surface area contributed by atoms with Crippen LogP contribution in [0.2, 0.25) is 0 Å². The fraction of sp³-hybridized carbons (Fsp3) is 0.857. The van der Waals surface area contributed by atoms with E-state index in [4.69, 9.17) is 9.31 Å². The monoisotopic (exact) mass is 236 g/mol. The maximum Gasteiger partial charge on any atom is 0.489 e. The quantitative estimate of drug-likeness (QED) is 0.679. The van der Waals surface area contributed by atoms with E-state index in [2.05, 4.69) is 40.7 Å².